The number of hydrogen-bond acceptors (Lipinski definition) is 5. The standard InChI is InChI=1S/C15H13N3OS/c1-2-19-12-5-3-11(4-6-12)14-10-20-15(18-14)13-9-16-7-8-17-13/h3-10H,2H2,1H3. The molecule has 0 bridgehead atoms. The van der Waals surface area contributed by atoms with E-state index in [1.54, 1.807) is 29.9 Å². The summed E-state index contributed by atoms with van der Waals surface area (Å²) in [6.45, 7) is 2.65. The van der Waals surface area contributed by atoms with Crippen molar-refractivity contribution in [1.29, 1.82) is 0 Å². The van der Waals surface area contributed by atoms with Crippen LogP contribution in [0.2, 0.25) is 0 Å². The molecule has 0 N–H and O–H groups in total. The normalized spacial score (nSPS) is 10.4. The van der Waals surface area contributed by atoms with Crippen LogP contribution in [-0.4, -0.2) is 21.6 Å². The number of rotatable bonds is 4. The van der Waals surface area contributed by atoms with Crippen molar-refractivity contribution in [3.63, 3.8) is 0 Å². The SMILES string of the molecule is CCOc1ccc(-c2csc(-c3cnccn3)n2)cc1. The van der Waals surface area contributed by atoms with E-state index >= 15 is 0 Å². The van der Waals surface area contributed by atoms with Gasteiger partial charge in [-0.25, -0.2) is 4.98 Å². The molecular formula is C15H13N3OS. The minimum Gasteiger partial charge on any atom is -0.494 e. The van der Waals surface area contributed by atoms with Gasteiger partial charge in [0.2, 0.25) is 0 Å². The Morgan fingerprint density at radius 1 is 1.10 bits per heavy atom. The summed E-state index contributed by atoms with van der Waals surface area (Å²) in [5.41, 5.74) is 2.81. The molecule has 0 aliphatic heterocycles. The highest BCUT2D eigenvalue weighted by atomic mass is 32.1. The lowest BCUT2D eigenvalue weighted by Gasteiger charge is -2.03. The van der Waals surface area contributed by atoms with Gasteiger partial charge in [0.05, 0.1) is 18.5 Å². The molecule has 0 saturated heterocycles. The fraction of sp³-hybridized carbons (Fsp3) is 0.133. The summed E-state index contributed by atoms with van der Waals surface area (Å²) in [5, 5.41) is 2.90. The van der Waals surface area contributed by atoms with Gasteiger partial charge in [0.1, 0.15) is 16.5 Å². The molecule has 20 heavy (non-hydrogen) atoms. The number of nitrogens with zero attached hydrogens (tertiary/aromatic N) is 3. The van der Waals surface area contributed by atoms with Crippen LogP contribution in [0.15, 0.2) is 48.2 Å². The smallest absolute Gasteiger partial charge is 0.144 e. The van der Waals surface area contributed by atoms with E-state index in [0.717, 1.165) is 27.7 Å². The van der Waals surface area contributed by atoms with Crippen LogP contribution in [0, 0.1) is 0 Å². The van der Waals surface area contributed by atoms with E-state index in [0.29, 0.717) is 6.61 Å². The van der Waals surface area contributed by atoms with Crippen LogP contribution in [0.4, 0.5) is 0 Å². The highest BCUT2D eigenvalue weighted by Crippen LogP contribution is 2.28. The molecule has 0 aliphatic carbocycles. The second kappa shape index (κ2) is 5.79. The maximum atomic E-state index is 5.44. The Bertz CT molecular complexity index is 680. The second-order valence-electron chi connectivity index (χ2n) is 4.09. The van der Waals surface area contributed by atoms with Crippen LogP contribution in [0.25, 0.3) is 22.0 Å². The Kier molecular flexibility index (Phi) is 3.69. The zero-order chi connectivity index (χ0) is 13.8. The fourth-order valence-corrected chi connectivity index (χ4v) is 2.61. The molecule has 2 heterocycles. The summed E-state index contributed by atoms with van der Waals surface area (Å²) in [5.74, 6) is 0.876. The van der Waals surface area contributed by atoms with Gasteiger partial charge < -0.3 is 4.74 Å². The summed E-state index contributed by atoms with van der Waals surface area (Å²) in [6.07, 6.45) is 5.05. The minimum atomic E-state index is 0.673. The van der Waals surface area contributed by atoms with Crippen molar-refractivity contribution in [3.05, 3.63) is 48.2 Å². The molecule has 2 aromatic heterocycles. The van der Waals surface area contributed by atoms with Crippen molar-refractivity contribution in [3.8, 4) is 27.7 Å². The predicted molar refractivity (Wildman–Crippen MR) is 79.7 cm³/mol. The first-order valence-electron chi connectivity index (χ1n) is 6.32. The van der Waals surface area contributed by atoms with Crippen molar-refractivity contribution in [2.75, 3.05) is 6.61 Å². The summed E-state index contributed by atoms with van der Waals surface area (Å²) in [7, 11) is 0. The minimum absolute atomic E-state index is 0.673. The monoisotopic (exact) mass is 283 g/mol. The third-order valence-corrected chi connectivity index (χ3v) is 3.61. The average Bonchev–Trinajstić information content (AvgIpc) is 2.99. The lowest BCUT2D eigenvalue weighted by molar-refractivity contribution is 0.340. The molecule has 4 nitrogen and oxygen atoms in total. The van der Waals surface area contributed by atoms with E-state index < -0.39 is 0 Å². The van der Waals surface area contributed by atoms with Crippen molar-refractivity contribution in [1.82, 2.24) is 15.0 Å². The van der Waals surface area contributed by atoms with E-state index in [1.165, 1.54) is 0 Å². The fourth-order valence-electron chi connectivity index (χ4n) is 1.82. The van der Waals surface area contributed by atoms with Gasteiger partial charge in [-0.1, -0.05) is 0 Å². The second-order valence-corrected chi connectivity index (χ2v) is 4.94. The quantitative estimate of drug-likeness (QED) is 0.733. The van der Waals surface area contributed by atoms with Gasteiger partial charge in [0, 0.05) is 23.3 Å². The number of hydrogen-bond donors (Lipinski definition) is 0. The van der Waals surface area contributed by atoms with Gasteiger partial charge in [-0.2, -0.15) is 0 Å². The van der Waals surface area contributed by atoms with Crippen LogP contribution in [-0.2, 0) is 0 Å². The lowest BCUT2D eigenvalue weighted by Crippen LogP contribution is -1.90. The van der Waals surface area contributed by atoms with Crippen molar-refractivity contribution in [2.24, 2.45) is 0 Å². The van der Waals surface area contributed by atoms with Crippen LogP contribution in [0.3, 0.4) is 0 Å². The molecule has 1 aromatic carbocycles. The first-order chi connectivity index (χ1) is 9.86. The maximum absolute atomic E-state index is 5.44. The summed E-state index contributed by atoms with van der Waals surface area (Å²) < 4.78 is 5.44. The highest BCUT2D eigenvalue weighted by molar-refractivity contribution is 7.13. The number of thiazole rings is 1. The molecule has 3 aromatic rings. The molecule has 0 fully saturated rings. The third kappa shape index (κ3) is 2.67. The van der Waals surface area contributed by atoms with Gasteiger partial charge >= 0.3 is 0 Å². The van der Waals surface area contributed by atoms with Crippen LogP contribution < -0.4 is 4.74 Å². The zero-order valence-corrected chi connectivity index (χ0v) is 11.8. The van der Waals surface area contributed by atoms with E-state index in [1.807, 2.05) is 36.6 Å². The van der Waals surface area contributed by atoms with Crippen LogP contribution in [0.1, 0.15) is 6.92 Å². The summed E-state index contributed by atoms with van der Waals surface area (Å²) >= 11 is 1.57. The van der Waals surface area contributed by atoms with E-state index in [-0.39, 0.29) is 0 Å². The van der Waals surface area contributed by atoms with Crippen molar-refractivity contribution >= 4 is 11.3 Å². The molecule has 0 atom stereocenters. The Morgan fingerprint density at radius 3 is 2.65 bits per heavy atom. The zero-order valence-electron chi connectivity index (χ0n) is 11.0. The molecule has 0 radical (unpaired) electrons. The van der Waals surface area contributed by atoms with Crippen LogP contribution in [0.5, 0.6) is 5.75 Å². The molecule has 0 spiro atoms. The molecule has 0 unspecified atom stereocenters. The van der Waals surface area contributed by atoms with Gasteiger partial charge in [0.15, 0.2) is 0 Å². The number of aromatic nitrogens is 3. The van der Waals surface area contributed by atoms with Crippen molar-refractivity contribution in [2.45, 2.75) is 6.92 Å². The van der Waals surface area contributed by atoms with Gasteiger partial charge in [-0.15, -0.1) is 11.3 Å². The molecular weight excluding hydrogens is 270 g/mol. The first kappa shape index (κ1) is 12.7. The largest absolute Gasteiger partial charge is 0.494 e. The van der Waals surface area contributed by atoms with Gasteiger partial charge in [0.25, 0.3) is 0 Å². The average molecular weight is 283 g/mol. The third-order valence-electron chi connectivity index (χ3n) is 2.75. The van der Waals surface area contributed by atoms with Crippen molar-refractivity contribution < 1.29 is 4.74 Å². The molecule has 5 heteroatoms. The molecule has 100 valence electrons. The Balaban J connectivity index is 1.86. The molecule has 0 aliphatic rings. The molecule has 0 saturated carbocycles. The number of ether oxygens (including phenoxy) is 1. The van der Waals surface area contributed by atoms with E-state index in [4.69, 9.17) is 4.74 Å². The Morgan fingerprint density at radius 2 is 1.95 bits per heavy atom. The topological polar surface area (TPSA) is 47.9 Å². The Labute approximate surface area is 121 Å². The number of benzene rings is 1. The highest BCUT2D eigenvalue weighted by Gasteiger charge is 2.07. The van der Waals surface area contributed by atoms with Gasteiger partial charge in [-0.05, 0) is 31.2 Å². The molecule has 0 amide bonds. The van der Waals surface area contributed by atoms with E-state index in [9.17, 15) is 0 Å². The predicted octanol–water partition coefficient (Wildman–Crippen LogP) is 3.67. The molecule has 3 rings (SSSR count). The lowest BCUT2D eigenvalue weighted by atomic mass is 10.2. The first-order valence-corrected chi connectivity index (χ1v) is 7.20. The van der Waals surface area contributed by atoms with E-state index in [2.05, 4.69) is 15.0 Å². The maximum Gasteiger partial charge on any atom is 0.144 e. The van der Waals surface area contributed by atoms with Gasteiger partial charge in [-0.3, -0.25) is 9.97 Å². The summed E-state index contributed by atoms with van der Waals surface area (Å²) in [6, 6.07) is 7.95. The van der Waals surface area contributed by atoms with Crippen LogP contribution >= 0.6 is 11.3 Å². The Hall–Kier alpha value is -2.27. The summed E-state index contributed by atoms with van der Waals surface area (Å²) in [4.78, 5) is 12.9.